The zero-order valence-electron chi connectivity index (χ0n) is 12.9. The molecule has 0 atom stereocenters. The van der Waals surface area contributed by atoms with Crippen LogP contribution in [-0.4, -0.2) is 23.0 Å². The number of nitrogens with one attached hydrogen (secondary N) is 1. The van der Waals surface area contributed by atoms with Gasteiger partial charge in [-0.15, -0.1) is 0 Å². The zero-order valence-corrected chi connectivity index (χ0v) is 13.6. The molecule has 1 N–H and O–H groups in total. The Kier molecular flexibility index (Phi) is 4.72. The van der Waals surface area contributed by atoms with E-state index in [4.69, 9.17) is 16.3 Å². The number of methoxy groups -OCH3 is 1. The summed E-state index contributed by atoms with van der Waals surface area (Å²) < 4.78 is 5.08. The van der Waals surface area contributed by atoms with E-state index >= 15 is 0 Å². The summed E-state index contributed by atoms with van der Waals surface area (Å²) in [6.07, 6.45) is 3.24. The van der Waals surface area contributed by atoms with E-state index in [2.05, 4.69) is 15.3 Å². The lowest BCUT2D eigenvalue weighted by molar-refractivity contribution is 0.102. The predicted octanol–water partition coefficient (Wildman–Crippen LogP) is 4.06. The SMILES string of the molecule is COc1ccc(NC(=O)c2ccc(-c3ncccc3Cl)cn2)cc1. The lowest BCUT2D eigenvalue weighted by Gasteiger charge is -2.07. The molecule has 120 valence electrons. The minimum Gasteiger partial charge on any atom is -0.497 e. The average molecular weight is 340 g/mol. The quantitative estimate of drug-likeness (QED) is 0.778. The molecule has 2 aromatic heterocycles. The number of carbonyl (C=O) groups is 1. The number of amides is 1. The highest BCUT2D eigenvalue weighted by Gasteiger charge is 2.10. The maximum atomic E-state index is 12.2. The van der Waals surface area contributed by atoms with E-state index in [1.807, 2.05) is 0 Å². The van der Waals surface area contributed by atoms with Crippen LogP contribution in [0.1, 0.15) is 10.5 Å². The number of ether oxygens (including phenoxy) is 1. The van der Waals surface area contributed by atoms with Crippen molar-refractivity contribution in [2.45, 2.75) is 0 Å². The van der Waals surface area contributed by atoms with Crippen LogP contribution >= 0.6 is 11.6 Å². The van der Waals surface area contributed by atoms with Crippen LogP contribution in [0.4, 0.5) is 5.69 Å². The number of hydrogen-bond donors (Lipinski definition) is 1. The Bertz CT molecular complexity index is 849. The molecule has 24 heavy (non-hydrogen) atoms. The summed E-state index contributed by atoms with van der Waals surface area (Å²) in [5, 5.41) is 3.32. The van der Waals surface area contributed by atoms with Crippen molar-refractivity contribution in [1.82, 2.24) is 9.97 Å². The van der Waals surface area contributed by atoms with Gasteiger partial charge in [0.05, 0.1) is 17.8 Å². The van der Waals surface area contributed by atoms with Crippen molar-refractivity contribution < 1.29 is 9.53 Å². The molecule has 0 radical (unpaired) electrons. The third kappa shape index (κ3) is 3.52. The van der Waals surface area contributed by atoms with Crippen molar-refractivity contribution in [2.75, 3.05) is 12.4 Å². The molecule has 0 aliphatic rings. The number of rotatable bonds is 4. The molecule has 0 aliphatic heterocycles. The van der Waals surface area contributed by atoms with E-state index in [9.17, 15) is 4.79 Å². The van der Waals surface area contributed by atoms with Crippen LogP contribution in [0.25, 0.3) is 11.3 Å². The van der Waals surface area contributed by atoms with E-state index in [-0.39, 0.29) is 5.91 Å². The van der Waals surface area contributed by atoms with Crippen LogP contribution in [0.2, 0.25) is 5.02 Å². The van der Waals surface area contributed by atoms with Crippen molar-refractivity contribution >= 4 is 23.2 Å². The van der Waals surface area contributed by atoms with E-state index in [0.717, 1.165) is 11.3 Å². The van der Waals surface area contributed by atoms with Gasteiger partial charge in [-0.2, -0.15) is 0 Å². The number of anilines is 1. The van der Waals surface area contributed by atoms with Gasteiger partial charge in [0.1, 0.15) is 11.4 Å². The first kappa shape index (κ1) is 16.0. The molecule has 6 heteroatoms. The Morgan fingerprint density at radius 3 is 2.50 bits per heavy atom. The van der Waals surface area contributed by atoms with Crippen molar-refractivity contribution in [1.29, 1.82) is 0 Å². The number of hydrogen-bond acceptors (Lipinski definition) is 4. The van der Waals surface area contributed by atoms with Crippen molar-refractivity contribution in [3.05, 3.63) is 71.6 Å². The number of nitrogens with zero attached hydrogens (tertiary/aromatic N) is 2. The predicted molar refractivity (Wildman–Crippen MR) is 93.4 cm³/mol. The first-order valence-corrected chi connectivity index (χ1v) is 7.57. The van der Waals surface area contributed by atoms with Crippen molar-refractivity contribution in [3.63, 3.8) is 0 Å². The minimum atomic E-state index is -0.293. The highest BCUT2D eigenvalue weighted by molar-refractivity contribution is 6.33. The fourth-order valence-corrected chi connectivity index (χ4v) is 2.37. The average Bonchev–Trinajstić information content (AvgIpc) is 2.63. The van der Waals surface area contributed by atoms with Crippen LogP contribution in [0.3, 0.4) is 0 Å². The lowest BCUT2D eigenvalue weighted by atomic mass is 10.1. The molecule has 1 aromatic carbocycles. The monoisotopic (exact) mass is 339 g/mol. The van der Waals surface area contributed by atoms with Gasteiger partial charge in [-0.1, -0.05) is 11.6 Å². The molecular weight excluding hydrogens is 326 g/mol. The second kappa shape index (κ2) is 7.10. The normalized spacial score (nSPS) is 10.2. The molecule has 0 aliphatic carbocycles. The fraction of sp³-hybridized carbons (Fsp3) is 0.0556. The van der Waals surface area contributed by atoms with E-state index < -0.39 is 0 Å². The Balaban J connectivity index is 1.75. The fourth-order valence-electron chi connectivity index (χ4n) is 2.14. The number of halogens is 1. The molecule has 0 fully saturated rings. The summed E-state index contributed by atoms with van der Waals surface area (Å²) in [5.41, 5.74) is 2.36. The second-order valence-corrected chi connectivity index (χ2v) is 5.36. The van der Waals surface area contributed by atoms with Gasteiger partial charge in [0.2, 0.25) is 0 Å². The van der Waals surface area contributed by atoms with Gasteiger partial charge >= 0.3 is 0 Å². The summed E-state index contributed by atoms with van der Waals surface area (Å²) >= 11 is 6.11. The molecule has 5 nitrogen and oxygen atoms in total. The maximum Gasteiger partial charge on any atom is 0.274 e. The summed E-state index contributed by atoms with van der Waals surface area (Å²) in [6.45, 7) is 0. The van der Waals surface area contributed by atoms with Gasteiger partial charge in [-0.05, 0) is 48.5 Å². The number of carbonyl (C=O) groups excluding carboxylic acids is 1. The van der Waals surface area contributed by atoms with E-state index in [1.54, 1.807) is 68.0 Å². The Hall–Kier alpha value is -2.92. The first-order chi connectivity index (χ1) is 11.7. The Morgan fingerprint density at radius 2 is 1.88 bits per heavy atom. The maximum absolute atomic E-state index is 12.2. The van der Waals surface area contributed by atoms with E-state index in [1.165, 1.54) is 0 Å². The molecule has 0 spiro atoms. The van der Waals surface area contributed by atoms with E-state index in [0.29, 0.717) is 22.1 Å². The Labute approximate surface area is 144 Å². The van der Waals surface area contributed by atoms with Crippen molar-refractivity contribution in [2.24, 2.45) is 0 Å². The van der Waals surface area contributed by atoms with Gasteiger partial charge in [0.25, 0.3) is 5.91 Å². The summed E-state index contributed by atoms with van der Waals surface area (Å²) in [5.74, 6) is 0.432. The van der Waals surface area contributed by atoms with Crippen LogP contribution in [0.5, 0.6) is 5.75 Å². The molecule has 3 aromatic rings. The van der Waals surface area contributed by atoms with Gasteiger partial charge in [0, 0.05) is 23.6 Å². The smallest absolute Gasteiger partial charge is 0.274 e. The molecule has 3 rings (SSSR count). The molecular formula is C18H14ClN3O2. The molecule has 0 bridgehead atoms. The third-order valence-electron chi connectivity index (χ3n) is 3.38. The third-order valence-corrected chi connectivity index (χ3v) is 3.68. The van der Waals surface area contributed by atoms with Crippen LogP contribution < -0.4 is 10.1 Å². The van der Waals surface area contributed by atoms with Crippen LogP contribution in [0, 0.1) is 0 Å². The van der Waals surface area contributed by atoms with Crippen LogP contribution in [0.15, 0.2) is 60.9 Å². The topological polar surface area (TPSA) is 64.1 Å². The number of pyridine rings is 2. The number of benzene rings is 1. The first-order valence-electron chi connectivity index (χ1n) is 7.20. The van der Waals surface area contributed by atoms with Gasteiger partial charge in [0.15, 0.2) is 0 Å². The van der Waals surface area contributed by atoms with Gasteiger partial charge in [-0.3, -0.25) is 14.8 Å². The largest absolute Gasteiger partial charge is 0.497 e. The Morgan fingerprint density at radius 1 is 1.08 bits per heavy atom. The molecule has 0 saturated heterocycles. The summed E-state index contributed by atoms with van der Waals surface area (Å²) in [7, 11) is 1.59. The minimum absolute atomic E-state index is 0.293. The number of aromatic nitrogens is 2. The second-order valence-electron chi connectivity index (χ2n) is 4.95. The van der Waals surface area contributed by atoms with Crippen molar-refractivity contribution in [3.8, 4) is 17.0 Å². The molecule has 0 saturated carbocycles. The molecule has 0 unspecified atom stereocenters. The van der Waals surface area contributed by atoms with Crippen LogP contribution in [-0.2, 0) is 0 Å². The van der Waals surface area contributed by atoms with Gasteiger partial charge in [-0.25, -0.2) is 0 Å². The molecule has 2 heterocycles. The zero-order chi connectivity index (χ0) is 16.9. The van der Waals surface area contributed by atoms with Gasteiger partial charge < -0.3 is 10.1 Å². The summed E-state index contributed by atoms with van der Waals surface area (Å²) in [6, 6.07) is 14.0. The highest BCUT2D eigenvalue weighted by atomic mass is 35.5. The standard InChI is InChI=1S/C18H14ClN3O2/c1-24-14-7-5-13(6-8-14)22-18(23)16-9-4-12(11-21-16)17-15(19)3-2-10-20-17/h2-11H,1H3,(H,22,23). The summed E-state index contributed by atoms with van der Waals surface area (Å²) in [4.78, 5) is 20.7. The molecule has 1 amide bonds. The lowest BCUT2D eigenvalue weighted by Crippen LogP contribution is -2.13. The highest BCUT2D eigenvalue weighted by Crippen LogP contribution is 2.24.